The van der Waals surface area contributed by atoms with Crippen LogP contribution in [0.15, 0.2) is 23.1 Å². The summed E-state index contributed by atoms with van der Waals surface area (Å²) in [5.74, 6) is 0.544. The molecule has 0 N–H and O–H groups in total. The second-order valence-electron chi connectivity index (χ2n) is 3.25. The topological polar surface area (TPSA) is 43.1 Å². The Morgan fingerprint density at radius 3 is 2.81 bits per heavy atom. The molecule has 0 radical (unpaired) electrons. The van der Waals surface area contributed by atoms with Gasteiger partial charge in [-0.05, 0) is 18.6 Å². The van der Waals surface area contributed by atoms with E-state index in [1.807, 2.05) is 6.92 Å². The molecule has 0 aliphatic heterocycles. The zero-order valence-electron chi connectivity index (χ0n) is 8.65. The number of hydrogen-bond donors (Lipinski definition) is 0. The van der Waals surface area contributed by atoms with Gasteiger partial charge in [0.2, 0.25) is 0 Å². The number of hydrogen-bond acceptors (Lipinski definition) is 3. The maximum atomic E-state index is 10.9. The van der Waals surface area contributed by atoms with Gasteiger partial charge in [-0.2, -0.15) is 0 Å². The number of nitro benzene ring substituents is 1. The van der Waals surface area contributed by atoms with E-state index in [1.165, 1.54) is 17.8 Å². The lowest BCUT2D eigenvalue weighted by Gasteiger charge is -2.09. The van der Waals surface area contributed by atoms with E-state index in [0.29, 0.717) is 10.8 Å². The molecule has 1 rings (SSSR count). The lowest BCUT2D eigenvalue weighted by molar-refractivity contribution is -0.387. The van der Waals surface area contributed by atoms with Gasteiger partial charge in [0.05, 0.1) is 9.82 Å². The molecule has 3 nitrogen and oxygen atoms in total. The first kappa shape index (κ1) is 13.6. The highest BCUT2D eigenvalue weighted by atomic mass is 35.5. The summed E-state index contributed by atoms with van der Waals surface area (Å²) in [5, 5.41) is 11.3. The monoisotopic (exact) mass is 279 g/mol. The SMILES string of the molecule is CC(CCCl)Sc1cccc(Cl)c1[N+](=O)[O-]. The van der Waals surface area contributed by atoms with Gasteiger partial charge >= 0.3 is 5.69 Å². The van der Waals surface area contributed by atoms with E-state index in [2.05, 4.69) is 0 Å². The highest BCUT2D eigenvalue weighted by Gasteiger charge is 2.20. The standard InChI is InChI=1S/C10H11Cl2NO2S/c1-7(5-6-11)16-9-4-2-3-8(12)10(9)13(14)15/h2-4,7H,5-6H2,1H3. The molecule has 0 spiro atoms. The quantitative estimate of drug-likeness (QED) is 0.348. The summed E-state index contributed by atoms with van der Waals surface area (Å²) in [6.45, 7) is 1.98. The van der Waals surface area contributed by atoms with Crippen molar-refractivity contribution in [1.29, 1.82) is 0 Å². The Morgan fingerprint density at radius 1 is 1.56 bits per heavy atom. The van der Waals surface area contributed by atoms with Crippen LogP contribution in [0.2, 0.25) is 5.02 Å². The Bertz CT molecular complexity index is 387. The van der Waals surface area contributed by atoms with Crippen molar-refractivity contribution in [2.45, 2.75) is 23.5 Å². The van der Waals surface area contributed by atoms with Crippen molar-refractivity contribution >= 4 is 40.7 Å². The summed E-state index contributed by atoms with van der Waals surface area (Å²) < 4.78 is 0. The molecule has 0 bridgehead atoms. The van der Waals surface area contributed by atoms with Crippen molar-refractivity contribution in [2.75, 3.05) is 5.88 Å². The van der Waals surface area contributed by atoms with E-state index >= 15 is 0 Å². The van der Waals surface area contributed by atoms with E-state index in [4.69, 9.17) is 23.2 Å². The first-order valence-electron chi connectivity index (χ1n) is 4.71. The van der Waals surface area contributed by atoms with Crippen LogP contribution >= 0.6 is 35.0 Å². The highest BCUT2D eigenvalue weighted by molar-refractivity contribution is 8.00. The van der Waals surface area contributed by atoms with Gasteiger partial charge in [-0.15, -0.1) is 23.4 Å². The molecule has 0 saturated heterocycles. The van der Waals surface area contributed by atoms with Crippen molar-refractivity contribution < 1.29 is 4.92 Å². The predicted octanol–water partition coefficient (Wildman–Crippen LogP) is 4.36. The molecule has 1 aromatic carbocycles. The third-order valence-electron chi connectivity index (χ3n) is 1.98. The molecule has 88 valence electrons. The fourth-order valence-corrected chi connectivity index (χ4v) is 3.08. The molecule has 1 atom stereocenters. The Hall–Kier alpha value is -0.450. The fourth-order valence-electron chi connectivity index (χ4n) is 1.20. The lowest BCUT2D eigenvalue weighted by atomic mass is 10.3. The number of para-hydroxylation sites is 1. The number of halogens is 2. The van der Waals surface area contributed by atoms with Gasteiger partial charge in [0.1, 0.15) is 5.02 Å². The smallest absolute Gasteiger partial charge is 0.258 e. The van der Waals surface area contributed by atoms with Crippen LogP contribution in [0.3, 0.4) is 0 Å². The molecular weight excluding hydrogens is 269 g/mol. The number of rotatable bonds is 5. The molecule has 0 heterocycles. The predicted molar refractivity (Wildman–Crippen MR) is 68.8 cm³/mol. The van der Waals surface area contributed by atoms with Crippen LogP contribution in [0, 0.1) is 10.1 Å². The van der Waals surface area contributed by atoms with Gasteiger partial charge in [0.25, 0.3) is 0 Å². The Morgan fingerprint density at radius 2 is 2.25 bits per heavy atom. The minimum absolute atomic E-state index is 0.0180. The van der Waals surface area contributed by atoms with Crippen molar-refractivity contribution in [3.8, 4) is 0 Å². The molecule has 0 saturated carbocycles. The van der Waals surface area contributed by atoms with Crippen molar-refractivity contribution in [2.24, 2.45) is 0 Å². The summed E-state index contributed by atoms with van der Waals surface area (Å²) in [5.41, 5.74) is -0.0180. The van der Waals surface area contributed by atoms with E-state index in [1.54, 1.807) is 12.1 Å². The largest absolute Gasteiger partial charge is 0.301 e. The molecule has 0 amide bonds. The molecule has 0 aromatic heterocycles. The van der Waals surface area contributed by atoms with Gasteiger partial charge in [-0.25, -0.2) is 0 Å². The number of nitrogens with zero attached hydrogens (tertiary/aromatic N) is 1. The normalized spacial score (nSPS) is 12.4. The highest BCUT2D eigenvalue weighted by Crippen LogP contribution is 2.37. The Kier molecular flexibility index (Phi) is 5.38. The summed E-state index contributed by atoms with van der Waals surface area (Å²) in [6.07, 6.45) is 0.801. The van der Waals surface area contributed by atoms with Crippen LogP contribution in [0.25, 0.3) is 0 Å². The van der Waals surface area contributed by atoms with Gasteiger partial charge in [0, 0.05) is 11.1 Å². The third kappa shape index (κ3) is 3.54. The summed E-state index contributed by atoms with van der Waals surface area (Å²) >= 11 is 12.9. The average molecular weight is 280 g/mol. The number of nitro groups is 1. The van der Waals surface area contributed by atoms with Crippen molar-refractivity contribution in [3.05, 3.63) is 33.3 Å². The van der Waals surface area contributed by atoms with Gasteiger partial charge < -0.3 is 0 Å². The van der Waals surface area contributed by atoms with Crippen LogP contribution < -0.4 is 0 Å². The molecular formula is C10H11Cl2NO2S. The average Bonchev–Trinajstić information content (AvgIpc) is 2.17. The minimum Gasteiger partial charge on any atom is -0.258 e. The van der Waals surface area contributed by atoms with Gasteiger partial charge in [0.15, 0.2) is 0 Å². The molecule has 0 aliphatic rings. The van der Waals surface area contributed by atoms with Crippen LogP contribution in [0.4, 0.5) is 5.69 Å². The molecule has 0 aliphatic carbocycles. The van der Waals surface area contributed by atoms with E-state index in [-0.39, 0.29) is 16.0 Å². The number of benzene rings is 1. The summed E-state index contributed by atoms with van der Waals surface area (Å²) in [7, 11) is 0. The van der Waals surface area contributed by atoms with Crippen molar-refractivity contribution in [1.82, 2.24) is 0 Å². The first-order valence-corrected chi connectivity index (χ1v) is 6.51. The van der Waals surface area contributed by atoms with E-state index in [9.17, 15) is 10.1 Å². The number of alkyl halides is 1. The summed E-state index contributed by atoms with van der Waals surface area (Å²) in [6, 6.07) is 4.94. The fraction of sp³-hybridized carbons (Fsp3) is 0.400. The maximum Gasteiger partial charge on any atom is 0.301 e. The molecule has 6 heteroatoms. The summed E-state index contributed by atoms with van der Waals surface area (Å²) in [4.78, 5) is 11.0. The molecule has 1 unspecified atom stereocenters. The Balaban J connectivity index is 2.95. The molecule has 16 heavy (non-hydrogen) atoms. The van der Waals surface area contributed by atoms with Crippen LogP contribution in [-0.2, 0) is 0 Å². The van der Waals surface area contributed by atoms with Gasteiger partial charge in [-0.1, -0.05) is 24.6 Å². The van der Waals surface area contributed by atoms with Crippen LogP contribution in [0.5, 0.6) is 0 Å². The van der Waals surface area contributed by atoms with E-state index < -0.39 is 4.92 Å². The van der Waals surface area contributed by atoms with Crippen LogP contribution in [0.1, 0.15) is 13.3 Å². The first-order chi connectivity index (χ1) is 7.56. The second kappa shape index (κ2) is 6.33. The Labute approximate surface area is 108 Å². The third-order valence-corrected chi connectivity index (χ3v) is 3.72. The molecule has 0 fully saturated rings. The van der Waals surface area contributed by atoms with Gasteiger partial charge in [-0.3, -0.25) is 10.1 Å². The zero-order chi connectivity index (χ0) is 12.1. The van der Waals surface area contributed by atoms with Crippen LogP contribution in [-0.4, -0.2) is 16.1 Å². The second-order valence-corrected chi connectivity index (χ2v) is 5.52. The van der Waals surface area contributed by atoms with Crippen molar-refractivity contribution in [3.63, 3.8) is 0 Å². The maximum absolute atomic E-state index is 10.9. The lowest BCUT2D eigenvalue weighted by Crippen LogP contribution is -1.99. The van der Waals surface area contributed by atoms with E-state index in [0.717, 1.165) is 6.42 Å². The number of thioether (sulfide) groups is 1. The zero-order valence-corrected chi connectivity index (χ0v) is 11.0. The minimum atomic E-state index is -0.446. The molecule has 1 aromatic rings.